The van der Waals surface area contributed by atoms with Crippen LogP contribution in [0.2, 0.25) is 0 Å². The van der Waals surface area contributed by atoms with Gasteiger partial charge in [0.25, 0.3) is 0 Å². The molecule has 0 unspecified atom stereocenters. The average molecular weight is 463 g/mol. The summed E-state index contributed by atoms with van der Waals surface area (Å²) < 4.78 is 22.9. The van der Waals surface area contributed by atoms with Crippen molar-refractivity contribution in [2.24, 2.45) is 0 Å². The second-order valence-corrected chi connectivity index (χ2v) is 7.27. The van der Waals surface area contributed by atoms with Crippen LogP contribution in [-0.2, 0) is 11.3 Å². The van der Waals surface area contributed by atoms with Crippen molar-refractivity contribution in [3.05, 3.63) is 24.3 Å². The van der Waals surface area contributed by atoms with Gasteiger partial charge in [-0.15, -0.1) is 0 Å². The van der Waals surface area contributed by atoms with Gasteiger partial charge in [-0.25, -0.2) is 15.0 Å². The summed E-state index contributed by atoms with van der Waals surface area (Å²) in [5.41, 5.74) is 1.12. The normalized spacial score (nSPS) is 22.5. The van der Waals surface area contributed by atoms with E-state index in [-0.39, 0.29) is 18.0 Å². The molecule has 0 radical (unpaired) electrons. The standard InChI is InChI=1S/C20H25N5O8/c1-30-10-4-11(31-2)17(32-3)14(27)9(10)5-21-18-13-19(23-7-22-18)25(8-24-13)20-16(29)15(28)12(6-26)33-20/h4,7-8,12,15-16,20,26-29H,5-6H2,1-3H3,(H,21,22,23)/t12-,15-,16-,20-/m1/s1. The Labute approximate surface area is 188 Å². The van der Waals surface area contributed by atoms with E-state index in [2.05, 4.69) is 20.3 Å². The van der Waals surface area contributed by atoms with Crippen LogP contribution in [0.15, 0.2) is 18.7 Å². The fourth-order valence-electron chi connectivity index (χ4n) is 3.79. The second kappa shape index (κ2) is 9.23. The number of ether oxygens (including phenoxy) is 4. The average Bonchev–Trinajstić information content (AvgIpc) is 3.38. The predicted octanol–water partition coefficient (Wildman–Crippen LogP) is -0.219. The molecule has 0 amide bonds. The summed E-state index contributed by atoms with van der Waals surface area (Å²) in [6.07, 6.45) is -1.74. The minimum Gasteiger partial charge on any atom is -0.504 e. The summed E-state index contributed by atoms with van der Waals surface area (Å²) in [6.45, 7) is -0.345. The van der Waals surface area contributed by atoms with Gasteiger partial charge in [0.2, 0.25) is 5.75 Å². The molecular weight excluding hydrogens is 438 g/mol. The second-order valence-electron chi connectivity index (χ2n) is 7.27. The number of fused-ring (bicyclic) bond motifs is 1. The van der Waals surface area contributed by atoms with Gasteiger partial charge >= 0.3 is 0 Å². The molecule has 3 aromatic rings. The SMILES string of the molecule is COc1cc(OC)c(OC)c(O)c1CNc1ncnc2c1ncn2[C@@H]1O[C@H](CO)[C@@H](O)[C@H]1O. The van der Waals surface area contributed by atoms with Crippen LogP contribution >= 0.6 is 0 Å². The number of benzene rings is 1. The van der Waals surface area contributed by atoms with Gasteiger partial charge in [0.1, 0.15) is 30.4 Å². The van der Waals surface area contributed by atoms with Gasteiger partial charge in [0.05, 0.1) is 39.8 Å². The number of methoxy groups -OCH3 is 3. The zero-order chi connectivity index (χ0) is 23.7. The first-order valence-electron chi connectivity index (χ1n) is 9.99. The molecule has 0 saturated carbocycles. The maximum atomic E-state index is 10.7. The summed E-state index contributed by atoms with van der Waals surface area (Å²) in [5.74, 6) is 1.05. The lowest BCUT2D eigenvalue weighted by Gasteiger charge is -2.17. The first-order chi connectivity index (χ1) is 15.9. The van der Waals surface area contributed by atoms with Gasteiger partial charge < -0.3 is 44.7 Å². The lowest BCUT2D eigenvalue weighted by atomic mass is 10.1. The van der Waals surface area contributed by atoms with Crippen molar-refractivity contribution in [1.82, 2.24) is 19.5 Å². The van der Waals surface area contributed by atoms with E-state index in [9.17, 15) is 20.4 Å². The summed E-state index contributed by atoms with van der Waals surface area (Å²) in [6, 6.07) is 1.60. The number of nitrogens with zero attached hydrogens (tertiary/aromatic N) is 4. The van der Waals surface area contributed by atoms with Crippen LogP contribution in [-0.4, -0.2) is 86.2 Å². The van der Waals surface area contributed by atoms with E-state index < -0.39 is 31.1 Å². The Hall–Kier alpha value is -3.39. The molecular formula is C20H25N5O8. The lowest BCUT2D eigenvalue weighted by Crippen LogP contribution is -2.33. The fourth-order valence-corrected chi connectivity index (χ4v) is 3.79. The van der Waals surface area contributed by atoms with Crippen LogP contribution in [0.25, 0.3) is 11.2 Å². The number of phenols is 1. The maximum absolute atomic E-state index is 10.7. The zero-order valence-corrected chi connectivity index (χ0v) is 18.2. The van der Waals surface area contributed by atoms with Gasteiger partial charge in [-0.3, -0.25) is 4.57 Å². The largest absolute Gasteiger partial charge is 0.504 e. The molecule has 1 saturated heterocycles. The molecule has 33 heavy (non-hydrogen) atoms. The minimum atomic E-state index is -1.28. The van der Waals surface area contributed by atoms with Crippen LogP contribution in [0.5, 0.6) is 23.0 Å². The molecule has 0 bridgehead atoms. The predicted molar refractivity (Wildman–Crippen MR) is 113 cm³/mol. The highest BCUT2D eigenvalue weighted by Gasteiger charge is 2.44. The highest BCUT2D eigenvalue weighted by molar-refractivity contribution is 5.82. The summed E-state index contributed by atoms with van der Waals surface area (Å²) >= 11 is 0. The lowest BCUT2D eigenvalue weighted by molar-refractivity contribution is -0.0511. The van der Waals surface area contributed by atoms with E-state index in [1.54, 1.807) is 6.07 Å². The molecule has 178 valence electrons. The Kier molecular flexibility index (Phi) is 6.37. The highest BCUT2D eigenvalue weighted by atomic mass is 16.6. The van der Waals surface area contributed by atoms with Crippen LogP contribution in [0.1, 0.15) is 11.8 Å². The molecule has 0 aliphatic carbocycles. The van der Waals surface area contributed by atoms with Crippen molar-refractivity contribution in [3.63, 3.8) is 0 Å². The van der Waals surface area contributed by atoms with Gasteiger partial charge in [-0.1, -0.05) is 0 Å². The number of rotatable bonds is 8. The number of anilines is 1. The first kappa shape index (κ1) is 22.8. The first-order valence-corrected chi connectivity index (χ1v) is 9.99. The van der Waals surface area contributed by atoms with Crippen LogP contribution in [0, 0.1) is 0 Å². The molecule has 1 fully saturated rings. The third-order valence-electron chi connectivity index (χ3n) is 5.51. The van der Waals surface area contributed by atoms with E-state index in [4.69, 9.17) is 18.9 Å². The van der Waals surface area contributed by atoms with Crippen LogP contribution in [0.4, 0.5) is 5.82 Å². The number of aliphatic hydroxyl groups is 3. The van der Waals surface area contributed by atoms with E-state index in [0.717, 1.165) is 0 Å². The molecule has 13 nitrogen and oxygen atoms in total. The van der Waals surface area contributed by atoms with E-state index in [1.165, 1.54) is 38.6 Å². The number of aromatic nitrogens is 4. The van der Waals surface area contributed by atoms with Crippen LogP contribution < -0.4 is 19.5 Å². The fraction of sp³-hybridized carbons (Fsp3) is 0.450. The number of aliphatic hydroxyl groups excluding tert-OH is 3. The third-order valence-corrected chi connectivity index (χ3v) is 5.51. The Balaban J connectivity index is 1.64. The Morgan fingerprint density at radius 1 is 1.06 bits per heavy atom. The number of aromatic hydroxyl groups is 1. The molecule has 2 aromatic heterocycles. The number of phenolic OH excluding ortho intramolecular Hbond substituents is 1. The molecule has 0 spiro atoms. The van der Waals surface area contributed by atoms with Gasteiger partial charge in [-0.2, -0.15) is 0 Å². The molecule has 13 heteroatoms. The smallest absolute Gasteiger partial charge is 0.203 e. The number of hydrogen-bond donors (Lipinski definition) is 5. The number of hydrogen-bond acceptors (Lipinski definition) is 12. The molecule has 1 aliphatic rings. The minimum absolute atomic E-state index is 0.0994. The Bertz CT molecular complexity index is 1140. The number of imidazole rings is 1. The summed E-state index contributed by atoms with van der Waals surface area (Å²) in [7, 11) is 4.34. The van der Waals surface area contributed by atoms with Crippen molar-refractivity contribution in [2.45, 2.75) is 31.1 Å². The maximum Gasteiger partial charge on any atom is 0.203 e. The summed E-state index contributed by atoms with van der Waals surface area (Å²) in [5, 5.41) is 43.5. The van der Waals surface area contributed by atoms with Gasteiger partial charge in [-0.05, 0) is 0 Å². The molecule has 1 aliphatic heterocycles. The zero-order valence-electron chi connectivity index (χ0n) is 18.2. The molecule has 5 N–H and O–H groups in total. The highest BCUT2D eigenvalue weighted by Crippen LogP contribution is 2.44. The topological polar surface area (TPSA) is 173 Å². The van der Waals surface area contributed by atoms with Crippen molar-refractivity contribution in [1.29, 1.82) is 0 Å². The Morgan fingerprint density at radius 2 is 1.82 bits per heavy atom. The van der Waals surface area contributed by atoms with E-state index >= 15 is 0 Å². The van der Waals surface area contributed by atoms with Crippen molar-refractivity contribution < 1.29 is 39.4 Å². The van der Waals surface area contributed by atoms with Crippen molar-refractivity contribution >= 4 is 17.0 Å². The molecule has 3 heterocycles. The van der Waals surface area contributed by atoms with E-state index in [1.807, 2.05) is 0 Å². The van der Waals surface area contributed by atoms with Crippen molar-refractivity contribution in [2.75, 3.05) is 33.3 Å². The third kappa shape index (κ3) is 3.84. The number of nitrogens with one attached hydrogen (secondary N) is 1. The quantitative estimate of drug-likeness (QED) is 0.298. The van der Waals surface area contributed by atoms with E-state index in [0.29, 0.717) is 34.0 Å². The van der Waals surface area contributed by atoms with Crippen LogP contribution in [0.3, 0.4) is 0 Å². The molecule has 4 rings (SSSR count). The summed E-state index contributed by atoms with van der Waals surface area (Å²) in [4.78, 5) is 12.7. The van der Waals surface area contributed by atoms with Crippen molar-refractivity contribution in [3.8, 4) is 23.0 Å². The molecule has 4 atom stereocenters. The van der Waals surface area contributed by atoms with Gasteiger partial charge in [0.15, 0.2) is 34.7 Å². The Morgan fingerprint density at radius 3 is 2.45 bits per heavy atom. The molecule has 1 aromatic carbocycles. The van der Waals surface area contributed by atoms with Gasteiger partial charge in [0, 0.05) is 12.6 Å². The monoisotopic (exact) mass is 463 g/mol.